The summed E-state index contributed by atoms with van der Waals surface area (Å²) in [5.74, 6) is 0. The summed E-state index contributed by atoms with van der Waals surface area (Å²) in [6.45, 7) is 12.6. The summed E-state index contributed by atoms with van der Waals surface area (Å²) in [4.78, 5) is 4.13. The van der Waals surface area contributed by atoms with Crippen LogP contribution in [0.4, 0.5) is 0 Å². The molecule has 0 atom stereocenters. The van der Waals surface area contributed by atoms with Gasteiger partial charge in [0.2, 0.25) is 0 Å². The van der Waals surface area contributed by atoms with Crippen LogP contribution in [0, 0.1) is 5.41 Å². The molecule has 0 saturated carbocycles. The van der Waals surface area contributed by atoms with Gasteiger partial charge in [0, 0.05) is 0 Å². The van der Waals surface area contributed by atoms with Crippen molar-refractivity contribution in [1.29, 1.82) is 0 Å². The molecule has 0 fully saturated rings. The molecule has 0 aliphatic carbocycles. The number of allylic oxidation sites excluding steroid dienone is 3. The topological polar surface area (TPSA) is 36.8 Å². The van der Waals surface area contributed by atoms with Gasteiger partial charge in [-0.2, -0.15) is 5.10 Å². The third kappa shape index (κ3) is 2.78. The largest absolute Gasteiger partial charge is 0.275 e. The molecule has 1 heterocycles. The van der Waals surface area contributed by atoms with Crippen LogP contribution in [0.25, 0.3) is 0 Å². The summed E-state index contributed by atoms with van der Waals surface area (Å²) in [6.07, 6.45) is 4.61. The van der Waals surface area contributed by atoms with Crippen LogP contribution < -0.4 is 5.43 Å². The van der Waals surface area contributed by atoms with Crippen LogP contribution >= 0.6 is 0 Å². The minimum Gasteiger partial charge on any atom is -0.275 e. The van der Waals surface area contributed by atoms with Crippen molar-refractivity contribution in [2.24, 2.45) is 15.5 Å². The van der Waals surface area contributed by atoms with Crippen molar-refractivity contribution in [1.82, 2.24) is 5.43 Å². The third-order valence-electron chi connectivity index (χ3n) is 2.96. The van der Waals surface area contributed by atoms with Crippen LogP contribution in [0.1, 0.15) is 34.1 Å². The van der Waals surface area contributed by atoms with Gasteiger partial charge in [0.05, 0.1) is 11.4 Å². The Kier molecular flexibility index (Phi) is 3.45. The van der Waals surface area contributed by atoms with E-state index in [4.69, 9.17) is 0 Å². The van der Waals surface area contributed by atoms with E-state index in [2.05, 4.69) is 42.9 Å². The fourth-order valence-electron chi connectivity index (χ4n) is 1.10. The van der Waals surface area contributed by atoms with Gasteiger partial charge in [-0.25, -0.2) is 4.99 Å². The van der Waals surface area contributed by atoms with Crippen molar-refractivity contribution in [3.8, 4) is 0 Å². The highest BCUT2D eigenvalue weighted by molar-refractivity contribution is 6.03. The Morgan fingerprint density at radius 3 is 2.80 bits per heavy atom. The van der Waals surface area contributed by atoms with Crippen molar-refractivity contribution in [3.05, 3.63) is 23.9 Å². The zero-order chi connectivity index (χ0) is 11.5. The maximum Gasteiger partial charge on any atom is 0.136 e. The number of nitrogens with zero attached hydrogens (tertiary/aromatic N) is 2. The minimum absolute atomic E-state index is 0.121. The summed E-state index contributed by atoms with van der Waals surface area (Å²) in [6, 6.07) is 0. The number of rotatable bonds is 3. The monoisotopic (exact) mass is 205 g/mol. The van der Waals surface area contributed by atoms with E-state index < -0.39 is 0 Å². The van der Waals surface area contributed by atoms with Crippen LogP contribution in [0.2, 0.25) is 0 Å². The predicted octanol–water partition coefficient (Wildman–Crippen LogP) is 2.87. The SMILES string of the molecule is C=C(/C=C1\NN=CN=C1C)C(C)(C)CC. The normalized spacial score (nSPS) is 18.7. The van der Waals surface area contributed by atoms with Crippen LogP contribution in [-0.4, -0.2) is 12.1 Å². The molecule has 0 saturated heterocycles. The third-order valence-corrected chi connectivity index (χ3v) is 2.96. The summed E-state index contributed by atoms with van der Waals surface area (Å²) >= 11 is 0. The fraction of sp³-hybridized carbons (Fsp3) is 0.500. The molecule has 1 aliphatic rings. The number of nitrogens with one attached hydrogen (secondary N) is 1. The second-order valence-corrected chi connectivity index (χ2v) is 4.39. The van der Waals surface area contributed by atoms with Crippen molar-refractivity contribution < 1.29 is 0 Å². The smallest absolute Gasteiger partial charge is 0.136 e. The molecule has 3 heteroatoms. The van der Waals surface area contributed by atoms with E-state index in [0.29, 0.717) is 0 Å². The van der Waals surface area contributed by atoms with Gasteiger partial charge in [-0.3, -0.25) is 5.43 Å². The van der Waals surface area contributed by atoms with Crippen molar-refractivity contribution >= 4 is 12.1 Å². The molecule has 0 aromatic heterocycles. The lowest BCUT2D eigenvalue weighted by Gasteiger charge is -2.24. The quantitative estimate of drug-likeness (QED) is 0.755. The van der Waals surface area contributed by atoms with Crippen LogP contribution in [0.5, 0.6) is 0 Å². The second kappa shape index (κ2) is 4.43. The zero-order valence-corrected chi connectivity index (χ0v) is 9.96. The van der Waals surface area contributed by atoms with Crippen molar-refractivity contribution in [2.45, 2.75) is 34.1 Å². The van der Waals surface area contributed by atoms with E-state index in [1.807, 2.05) is 13.0 Å². The van der Waals surface area contributed by atoms with Gasteiger partial charge in [-0.1, -0.05) is 27.4 Å². The first-order valence-electron chi connectivity index (χ1n) is 5.21. The first-order valence-corrected chi connectivity index (χ1v) is 5.21. The van der Waals surface area contributed by atoms with Gasteiger partial charge < -0.3 is 0 Å². The molecule has 0 aromatic carbocycles. The molecule has 0 radical (unpaired) electrons. The Balaban J connectivity index is 2.85. The maximum atomic E-state index is 4.13. The molecule has 0 spiro atoms. The van der Waals surface area contributed by atoms with Crippen molar-refractivity contribution in [3.63, 3.8) is 0 Å². The summed E-state index contributed by atoms with van der Waals surface area (Å²) in [5, 5.41) is 3.90. The molecular formula is C12H19N3. The minimum atomic E-state index is 0.121. The molecule has 0 unspecified atom stereocenters. The van der Waals surface area contributed by atoms with Gasteiger partial charge in [-0.05, 0) is 30.4 Å². The zero-order valence-electron chi connectivity index (χ0n) is 9.96. The first kappa shape index (κ1) is 11.7. The first-order chi connectivity index (χ1) is 6.97. The Bertz CT molecular complexity index is 346. The lowest BCUT2D eigenvalue weighted by molar-refractivity contribution is 0.441. The van der Waals surface area contributed by atoms with Crippen LogP contribution in [0.15, 0.2) is 34.0 Å². The van der Waals surface area contributed by atoms with E-state index in [0.717, 1.165) is 23.4 Å². The highest BCUT2D eigenvalue weighted by Gasteiger charge is 2.18. The Morgan fingerprint density at radius 1 is 1.60 bits per heavy atom. The molecule has 0 amide bonds. The average Bonchev–Trinajstić information content (AvgIpc) is 2.21. The molecule has 3 nitrogen and oxygen atoms in total. The number of aliphatic imine (C=N–C) groups is 1. The number of hydrazone groups is 1. The Hall–Kier alpha value is -1.38. The van der Waals surface area contributed by atoms with Crippen LogP contribution in [-0.2, 0) is 0 Å². The molecule has 15 heavy (non-hydrogen) atoms. The van der Waals surface area contributed by atoms with E-state index in [1.165, 1.54) is 6.34 Å². The molecular weight excluding hydrogens is 186 g/mol. The van der Waals surface area contributed by atoms with Crippen molar-refractivity contribution in [2.75, 3.05) is 0 Å². The van der Waals surface area contributed by atoms with Gasteiger partial charge >= 0.3 is 0 Å². The fourth-order valence-corrected chi connectivity index (χ4v) is 1.10. The molecule has 0 bridgehead atoms. The Labute approximate surface area is 91.7 Å². The van der Waals surface area contributed by atoms with E-state index in [-0.39, 0.29) is 5.41 Å². The summed E-state index contributed by atoms with van der Waals surface area (Å²) in [5.41, 5.74) is 6.03. The maximum absolute atomic E-state index is 4.13. The second-order valence-electron chi connectivity index (χ2n) is 4.39. The molecule has 1 N–H and O–H groups in total. The number of hydrogen-bond acceptors (Lipinski definition) is 3. The van der Waals surface area contributed by atoms with Gasteiger partial charge in [0.1, 0.15) is 6.34 Å². The van der Waals surface area contributed by atoms with E-state index in [1.54, 1.807) is 0 Å². The molecule has 1 rings (SSSR count). The highest BCUT2D eigenvalue weighted by Crippen LogP contribution is 2.30. The summed E-state index contributed by atoms with van der Waals surface area (Å²) < 4.78 is 0. The molecule has 1 aliphatic heterocycles. The van der Waals surface area contributed by atoms with Gasteiger partial charge in [0.25, 0.3) is 0 Å². The number of hydrogen-bond donors (Lipinski definition) is 1. The van der Waals surface area contributed by atoms with Crippen LogP contribution in [0.3, 0.4) is 0 Å². The average molecular weight is 205 g/mol. The predicted molar refractivity (Wildman–Crippen MR) is 66.0 cm³/mol. The lowest BCUT2D eigenvalue weighted by atomic mass is 9.82. The lowest BCUT2D eigenvalue weighted by Crippen LogP contribution is -2.19. The molecule has 82 valence electrons. The summed E-state index contributed by atoms with van der Waals surface area (Å²) in [7, 11) is 0. The Morgan fingerprint density at radius 2 is 2.27 bits per heavy atom. The van der Waals surface area contributed by atoms with Gasteiger partial charge in [0.15, 0.2) is 0 Å². The molecule has 0 aromatic rings. The van der Waals surface area contributed by atoms with E-state index >= 15 is 0 Å². The van der Waals surface area contributed by atoms with E-state index in [9.17, 15) is 0 Å². The standard InChI is InChI=1S/C12H19N3/c1-6-12(4,5)9(2)7-11-10(3)13-8-14-15-11/h7-8,15H,2,6H2,1,3-5H3/b11-7-. The highest BCUT2D eigenvalue weighted by atomic mass is 15.3. The van der Waals surface area contributed by atoms with Gasteiger partial charge in [-0.15, -0.1) is 0 Å².